The molecule has 2 aromatic carbocycles. The summed E-state index contributed by atoms with van der Waals surface area (Å²) in [7, 11) is 0. The van der Waals surface area contributed by atoms with Gasteiger partial charge >= 0.3 is 0 Å². The number of benzene rings is 2. The number of thiazole rings is 1. The van der Waals surface area contributed by atoms with Gasteiger partial charge in [0, 0.05) is 30.7 Å². The van der Waals surface area contributed by atoms with Crippen LogP contribution in [0.25, 0.3) is 10.2 Å². The second-order valence-electron chi connectivity index (χ2n) is 6.78. The van der Waals surface area contributed by atoms with Gasteiger partial charge < -0.3 is 9.80 Å². The van der Waals surface area contributed by atoms with Crippen molar-refractivity contribution in [1.82, 2.24) is 9.88 Å². The summed E-state index contributed by atoms with van der Waals surface area (Å²) in [5.74, 6) is -0.0167. The van der Waals surface area contributed by atoms with Crippen LogP contribution in [0.1, 0.15) is 21.5 Å². The van der Waals surface area contributed by atoms with E-state index in [1.54, 1.807) is 23.5 Å². The van der Waals surface area contributed by atoms with E-state index in [9.17, 15) is 4.79 Å². The van der Waals surface area contributed by atoms with Crippen molar-refractivity contribution in [1.29, 1.82) is 0 Å². The average Bonchev–Trinajstić information content (AvgIpc) is 3.13. The molecule has 1 aromatic heterocycles. The van der Waals surface area contributed by atoms with E-state index in [0.717, 1.165) is 28.2 Å². The molecule has 1 fully saturated rings. The fourth-order valence-electron chi connectivity index (χ4n) is 3.32. The molecule has 0 bridgehead atoms. The van der Waals surface area contributed by atoms with Crippen molar-refractivity contribution in [2.45, 2.75) is 13.8 Å². The van der Waals surface area contributed by atoms with Crippen molar-refractivity contribution in [3.05, 3.63) is 56.5 Å². The lowest BCUT2D eigenvalue weighted by atomic mass is 10.1. The highest BCUT2D eigenvalue weighted by atomic mass is 79.9. The van der Waals surface area contributed by atoms with Crippen molar-refractivity contribution in [3.63, 3.8) is 0 Å². The van der Waals surface area contributed by atoms with Crippen LogP contribution in [0.5, 0.6) is 0 Å². The maximum absolute atomic E-state index is 12.8. The molecule has 0 atom stereocenters. The molecule has 140 valence electrons. The summed E-state index contributed by atoms with van der Waals surface area (Å²) in [6, 6.07) is 9.66. The Hall–Kier alpha value is -1.63. The number of anilines is 1. The molecule has 1 aliphatic heterocycles. The smallest absolute Gasteiger partial charge is 0.255 e. The number of aromatic nitrogens is 1. The van der Waals surface area contributed by atoms with Crippen LogP contribution in [-0.4, -0.2) is 42.0 Å². The second kappa shape index (κ2) is 7.41. The first-order valence-corrected chi connectivity index (χ1v) is 10.8. The predicted molar refractivity (Wildman–Crippen MR) is 116 cm³/mol. The van der Waals surface area contributed by atoms with E-state index in [2.05, 4.69) is 46.8 Å². The van der Waals surface area contributed by atoms with Gasteiger partial charge in [-0.05, 0) is 43.2 Å². The molecular formula is C20H19BrClN3OS. The maximum atomic E-state index is 12.8. The zero-order valence-corrected chi connectivity index (χ0v) is 18.3. The van der Waals surface area contributed by atoms with Gasteiger partial charge in [-0.25, -0.2) is 4.98 Å². The topological polar surface area (TPSA) is 36.4 Å². The van der Waals surface area contributed by atoms with Crippen LogP contribution in [-0.2, 0) is 0 Å². The molecule has 4 rings (SSSR count). The van der Waals surface area contributed by atoms with Gasteiger partial charge in [0.1, 0.15) is 0 Å². The molecule has 3 aromatic rings. The lowest BCUT2D eigenvalue weighted by Crippen LogP contribution is -2.48. The fourth-order valence-corrected chi connectivity index (χ4v) is 5.04. The van der Waals surface area contributed by atoms with Crippen LogP contribution in [0.4, 0.5) is 5.13 Å². The molecule has 0 saturated carbocycles. The molecule has 0 N–H and O–H groups in total. The quantitative estimate of drug-likeness (QED) is 0.517. The number of rotatable bonds is 2. The first kappa shape index (κ1) is 18.7. The van der Waals surface area contributed by atoms with Crippen LogP contribution < -0.4 is 4.90 Å². The SMILES string of the molecule is Cc1ccc(C)c2sc(N3CCN(C(=O)c4cc(Br)ccc4Cl)CC3)nc12. The Kier molecular flexibility index (Phi) is 5.14. The van der Waals surface area contributed by atoms with Gasteiger partial charge in [-0.1, -0.05) is 51.0 Å². The van der Waals surface area contributed by atoms with E-state index >= 15 is 0 Å². The zero-order chi connectivity index (χ0) is 19.1. The summed E-state index contributed by atoms with van der Waals surface area (Å²) in [6.07, 6.45) is 0. The lowest BCUT2D eigenvalue weighted by molar-refractivity contribution is 0.0747. The van der Waals surface area contributed by atoms with Gasteiger partial charge in [0.05, 0.1) is 20.8 Å². The minimum atomic E-state index is -0.0167. The number of carbonyl (C=O) groups excluding carboxylic acids is 1. The number of aryl methyl sites for hydroxylation is 2. The Labute approximate surface area is 175 Å². The fraction of sp³-hybridized carbons (Fsp3) is 0.300. The van der Waals surface area contributed by atoms with Crippen molar-refractivity contribution in [3.8, 4) is 0 Å². The average molecular weight is 465 g/mol. The molecule has 1 amide bonds. The number of hydrogen-bond donors (Lipinski definition) is 0. The highest BCUT2D eigenvalue weighted by molar-refractivity contribution is 9.10. The lowest BCUT2D eigenvalue weighted by Gasteiger charge is -2.34. The van der Waals surface area contributed by atoms with Gasteiger partial charge in [0.15, 0.2) is 5.13 Å². The summed E-state index contributed by atoms with van der Waals surface area (Å²) >= 11 is 11.4. The highest BCUT2D eigenvalue weighted by Crippen LogP contribution is 2.33. The largest absolute Gasteiger partial charge is 0.345 e. The standard InChI is InChI=1S/C20H19BrClN3OS/c1-12-3-4-13(2)18-17(12)23-20(27-18)25-9-7-24(8-10-25)19(26)15-11-14(21)5-6-16(15)22/h3-6,11H,7-10H2,1-2H3. The maximum Gasteiger partial charge on any atom is 0.255 e. The first-order valence-electron chi connectivity index (χ1n) is 8.80. The van der Waals surface area contributed by atoms with Crippen molar-refractivity contribution in [2.75, 3.05) is 31.1 Å². The number of piperazine rings is 1. The summed E-state index contributed by atoms with van der Waals surface area (Å²) < 4.78 is 2.11. The number of amides is 1. The molecule has 7 heteroatoms. The van der Waals surface area contributed by atoms with Gasteiger partial charge in [0.2, 0.25) is 0 Å². The molecular weight excluding hydrogens is 446 g/mol. The third-order valence-electron chi connectivity index (χ3n) is 4.93. The molecule has 0 spiro atoms. The normalized spacial score (nSPS) is 14.8. The van der Waals surface area contributed by atoms with Crippen LogP contribution in [0, 0.1) is 13.8 Å². The first-order chi connectivity index (χ1) is 12.9. The monoisotopic (exact) mass is 463 g/mol. The van der Waals surface area contributed by atoms with E-state index in [1.165, 1.54) is 15.8 Å². The summed E-state index contributed by atoms with van der Waals surface area (Å²) in [4.78, 5) is 21.8. The summed E-state index contributed by atoms with van der Waals surface area (Å²) in [6.45, 7) is 7.10. The van der Waals surface area contributed by atoms with Gasteiger partial charge in [-0.15, -0.1) is 0 Å². The molecule has 0 aliphatic carbocycles. The van der Waals surface area contributed by atoms with Crippen molar-refractivity contribution in [2.24, 2.45) is 0 Å². The number of halogens is 2. The molecule has 1 saturated heterocycles. The van der Waals surface area contributed by atoms with Crippen molar-refractivity contribution >= 4 is 60.1 Å². The highest BCUT2D eigenvalue weighted by Gasteiger charge is 2.25. The molecule has 4 nitrogen and oxygen atoms in total. The second-order valence-corrected chi connectivity index (χ2v) is 9.08. The Morgan fingerprint density at radius 1 is 1.11 bits per heavy atom. The van der Waals surface area contributed by atoms with E-state index < -0.39 is 0 Å². The Balaban J connectivity index is 1.51. The van der Waals surface area contributed by atoms with Crippen molar-refractivity contribution < 1.29 is 4.79 Å². The van der Waals surface area contributed by atoms with E-state index in [-0.39, 0.29) is 5.91 Å². The Morgan fingerprint density at radius 2 is 1.81 bits per heavy atom. The van der Waals surface area contributed by atoms with E-state index in [0.29, 0.717) is 23.7 Å². The van der Waals surface area contributed by atoms with Crippen LogP contribution in [0.3, 0.4) is 0 Å². The van der Waals surface area contributed by atoms with Crippen LogP contribution in [0.2, 0.25) is 5.02 Å². The number of carbonyl (C=O) groups is 1. The summed E-state index contributed by atoms with van der Waals surface area (Å²) in [5.41, 5.74) is 4.11. The van der Waals surface area contributed by atoms with Gasteiger partial charge in [-0.3, -0.25) is 4.79 Å². The summed E-state index contributed by atoms with van der Waals surface area (Å²) in [5, 5.41) is 1.53. The number of nitrogens with zero attached hydrogens (tertiary/aromatic N) is 3. The van der Waals surface area contributed by atoms with E-state index in [4.69, 9.17) is 16.6 Å². The minimum Gasteiger partial charge on any atom is -0.345 e. The number of hydrogen-bond acceptors (Lipinski definition) is 4. The minimum absolute atomic E-state index is 0.0167. The van der Waals surface area contributed by atoms with Gasteiger partial charge in [0.25, 0.3) is 5.91 Å². The molecule has 0 radical (unpaired) electrons. The Bertz CT molecular complexity index is 988. The molecule has 1 aliphatic rings. The molecule has 27 heavy (non-hydrogen) atoms. The van der Waals surface area contributed by atoms with Crippen LogP contribution >= 0.6 is 38.9 Å². The third-order valence-corrected chi connectivity index (χ3v) is 7.00. The number of fused-ring (bicyclic) bond motifs is 1. The molecule has 2 heterocycles. The van der Waals surface area contributed by atoms with Crippen LogP contribution in [0.15, 0.2) is 34.8 Å². The van der Waals surface area contributed by atoms with E-state index in [1.807, 2.05) is 11.0 Å². The third kappa shape index (κ3) is 3.58. The predicted octanol–water partition coefficient (Wildman–Crippen LogP) is 5.29. The Morgan fingerprint density at radius 3 is 2.52 bits per heavy atom. The zero-order valence-electron chi connectivity index (χ0n) is 15.1. The molecule has 0 unspecified atom stereocenters. The van der Waals surface area contributed by atoms with Gasteiger partial charge in [-0.2, -0.15) is 0 Å².